The summed E-state index contributed by atoms with van der Waals surface area (Å²) in [6.45, 7) is 1.87. The smallest absolute Gasteiger partial charge is 0.363 e. The number of esters is 2. The first-order valence-corrected chi connectivity index (χ1v) is 9.65. The van der Waals surface area contributed by atoms with Crippen LogP contribution in [0.5, 0.6) is 11.5 Å². The van der Waals surface area contributed by atoms with E-state index in [2.05, 4.69) is 25.7 Å². The van der Waals surface area contributed by atoms with Gasteiger partial charge in [0.25, 0.3) is 0 Å². The molecule has 2 aromatic rings. The Labute approximate surface area is 180 Å². The molecule has 0 aromatic heterocycles. The number of halogens is 2. The van der Waals surface area contributed by atoms with Crippen LogP contribution in [0.3, 0.4) is 0 Å². The van der Waals surface area contributed by atoms with E-state index in [1.54, 1.807) is 19.1 Å². The summed E-state index contributed by atoms with van der Waals surface area (Å²) in [5.74, 6) is -0.775. The molecule has 0 atom stereocenters. The summed E-state index contributed by atoms with van der Waals surface area (Å²) in [6, 6.07) is 8.79. The normalized spacial score (nSPS) is 14.3. The van der Waals surface area contributed by atoms with Crippen LogP contribution >= 0.6 is 15.9 Å². The Bertz CT molecular complexity index is 1030. The lowest BCUT2D eigenvalue weighted by atomic mass is 10.1. The second-order valence-corrected chi connectivity index (χ2v) is 6.83. The second kappa shape index (κ2) is 9.53. The lowest BCUT2D eigenvalue weighted by Crippen LogP contribution is -2.13. The van der Waals surface area contributed by atoms with E-state index in [4.69, 9.17) is 14.2 Å². The summed E-state index contributed by atoms with van der Waals surface area (Å²) in [5.41, 5.74) is 1.15. The number of carbonyl (C=O) groups excluding carboxylic acids is 2. The SMILES string of the molecule is CCOc1cc(/C=C2\N=C(c3ccc(F)cc3)OC2=O)cc(Br)c1OCC(=O)OC. The van der Waals surface area contributed by atoms with Crippen LogP contribution in [0.1, 0.15) is 18.1 Å². The Hall–Kier alpha value is -3.20. The Morgan fingerprint density at radius 2 is 1.97 bits per heavy atom. The molecule has 2 aromatic carbocycles. The topological polar surface area (TPSA) is 83.4 Å². The molecule has 1 aliphatic heterocycles. The van der Waals surface area contributed by atoms with Gasteiger partial charge in [-0.15, -0.1) is 0 Å². The lowest BCUT2D eigenvalue weighted by molar-refractivity contribution is -0.143. The summed E-state index contributed by atoms with van der Waals surface area (Å²) < 4.78 is 34.4. The van der Waals surface area contributed by atoms with Gasteiger partial charge in [-0.25, -0.2) is 19.0 Å². The lowest BCUT2D eigenvalue weighted by Gasteiger charge is -2.14. The van der Waals surface area contributed by atoms with Crippen LogP contribution in [-0.4, -0.2) is 38.2 Å². The van der Waals surface area contributed by atoms with Crippen molar-refractivity contribution in [2.75, 3.05) is 20.3 Å². The van der Waals surface area contributed by atoms with E-state index in [1.165, 1.54) is 37.5 Å². The fourth-order valence-corrected chi connectivity index (χ4v) is 3.12. The molecule has 0 saturated carbocycles. The van der Waals surface area contributed by atoms with Crippen LogP contribution in [0.15, 0.2) is 51.6 Å². The summed E-state index contributed by atoms with van der Waals surface area (Å²) in [7, 11) is 1.26. The summed E-state index contributed by atoms with van der Waals surface area (Å²) >= 11 is 3.39. The third-order valence-electron chi connectivity index (χ3n) is 3.91. The fraction of sp³-hybridized carbons (Fsp3) is 0.190. The van der Waals surface area contributed by atoms with Crippen LogP contribution in [0.4, 0.5) is 4.39 Å². The monoisotopic (exact) mass is 477 g/mol. The number of nitrogens with zero attached hydrogens (tertiary/aromatic N) is 1. The van der Waals surface area contributed by atoms with E-state index >= 15 is 0 Å². The highest BCUT2D eigenvalue weighted by Crippen LogP contribution is 2.38. The maximum Gasteiger partial charge on any atom is 0.363 e. The molecule has 0 unspecified atom stereocenters. The number of cyclic esters (lactones) is 1. The van der Waals surface area contributed by atoms with Gasteiger partial charge in [-0.05, 0) is 70.9 Å². The molecule has 0 saturated heterocycles. The predicted molar refractivity (Wildman–Crippen MR) is 110 cm³/mol. The largest absolute Gasteiger partial charge is 0.490 e. The molecule has 0 bridgehead atoms. The van der Waals surface area contributed by atoms with Crippen molar-refractivity contribution >= 4 is 39.8 Å². The van der Waals surface area contributed by atoms with E-state index in [-0.39, 0.29) is 18.2 Å². The molecule has 0 N–H and O–H groups in total. The van der Waals surface area contributed by atoms with Crippen molar-refractivity contribution in [3.05, 3.63) is 63.5 Å². The van der Waals surface area contributed by atoms with Gasteiger partial charge in [0.1, 0.15) is 5.82 Å². The van der Waals surface area contributed by atoms with E-state index in [0.717, 1.165) is 0 Å². The number of rotatable bonds is 7. The Morgan fingerprint density at radius 1 is 1.23 bits per heavy atom. The van der Waals surface area contributed by atoms with Crippen molar-refractivity contribution in [2.24, 2.45) is 4.99 Å². The Morgan fingerprint density at radius 3 is 2.63 bits per heavy atom. The number of benzene rings is 2. The molecule has 0 radical (unpaired) electrons. The van der Waals surface area contributed by atoms with Crippen LogP contribution in [0.25, 0.3) is 6.08 Å². The molecular weight excluding hydrogens is 461 g/mol. The van der Waals surface area contributed by atoms with Crippen molar-refractivity contribution < 1.29 is 32.9 Å². The van der Waals surface area contributed by atoms with Gasteiger partial charge in [0.15, 0.2) is 23.8 Å². The zero-order valence-electron chi connectivity index (χ0n) is 16.1. The average Bonchev–Trinajstić information content (AvgIpc) is 3.08. The first-order chi connectivity index (χ1) is 14.4. The van der Waals surface area contributed by atoms with Gasteiger partial charge >= 0.3 is 11.9 Å². The molecule has 1 heterocycles. The number of ether oxygens (including phenoxy) is 4. The van der Waals surface area contributed by atoms with Crippen molar-refractivity contribution in [3.8, 4) is 11.5 Å². The number of hydrogen-bond donors (Lipinski definition) is 0. The number of carbonyl (C=O) groups is 2. The third-order valence-corrected chi connectivity index (χ3v) is 4.50. The number of methoxy groups -OCH3 is 1. The first kappa shape index (κ1) is 21.5. The molecule has 0 spiro atoms. The molecular formula is C21H17BrFNO6. The zero-order valence-corrected chi connectivity index (χ0v) is 17.7. The fourth-order valence-electron chi connectivity index (χ4n) is 2.55. The molecule has 0 amide bonds. The standard InChI is InChI=1S/C21H17BrFNO6/c1-3-28-17-10-12(8-15(22)19(17)29-11-18(25)27-2)9-16-21(26)30-20(24-16)13-4-6-14(23)7-5-13/h4-10H,3,11H2,1-2H3/b16-9-. The van der Waals surface area contributed by atoms with Crippen LogP contribution in [0, 0.1) is 5.82 Å². The minimum Gasteiger partial charge on any atom is -0.490 e. The Kier molecular flexibility index (Phi) is 6.83. The highest BCUT2D eigenvalue weighted by atomic mass is 79.9. The van der Waals surface area contributed by atoms with E-state index in [0.29, 0.717) is 33.7 Å². The molecule has 0 fully saturated rings. The van der Waals surface area contributed by atoms with Gasteiger partial charge in [0.2, 0.25) is 5.90 Å². The quantitative estimate of drug-likeness (QED) is 0.444. The summed E-state index contributed by atoms with van der Waals surface area (Å²) in [6.07, 6.45) is 1.52. The van der Waals surface area contributed by atoms with Crippen molar-refractivity contribution in [3.63, 3.8) is 0 Å². The first-order valence-electron chi connectivity index (χ1n) is 8.85. The average molecular weight is 478 g/mol. The molecule has 7 nitrogen and oxygen atoms in total. The Balaban J connectivity index is 1.91. The third kappa shape index (κ3) is 5.04. The summed E-state index contributed by atoms with van der Waals surface area (Å²) in [5, 5.41) is 0. The second-order valence-electron chi connectivity index (χ2n) is 5.97. The van der Waals surface area contributed by atoms with Gasteiger partial charge in [-0.1, -0.05) is 0 Å². The molecule has 9 heteroatoms. The number of hydrogen-bond acceptors (Lipinski definition) is 7. The van der Waals surface area contributed by atoms with Crippen LogP contribution in [0.2, 0.25) is 0 Å². The van der Waals surface area contributed by atoms with Crippen molar-refractivity contribution in [2.45, 2.75) is 6.92 Å². The van der Waals surface area contributed by atoms with Crippen molar-refractivity contribution in [1.29, 1.82) is 0 Å². The van der Waals surface area contributed by atoms with E-state index in [1.807, 2.05) is 0 Å². The molecule has 3 rings (SSSR count). The van der Waals surface area contributed by atoms with Crippen LogP contribution in [-0.2, 0) is 19.1 Å². The minimum atomic E-state index is -0.630. The maximum atomic E-state index is 13.1. The zero-order chi connectivity index (χ0) is 21.7. The van der Waals surface area contributed by atoms with Gasteiger partial charge < -0.3 is 18.9 Å². The number of aliphatic imine (C=N–C) groups is 1. The predicted octanol–water partition coefficient (Wildman–Crippen LogP) is 3.88. The van der Waals surface area contributed by atoms with Crippen LogP contribution < -0.4 is 9.47 Å². The van der Waals surface area contributed by atoms with Gasteiger partial charge in [0, 0.05) is 5.56 Å². The highest BCUT2D eigenvalue weighted by Gasteiger charge is 2.24. The van der Waals surface area contributed by atoms with E-state index < -0.39 is 17.8 Å². The molecule has 1 aliphatic rings. The van der Waals surface area contributed by atoms with Gasteiger partial charge in [0.05, 0.1) is 18.2 Å². The van der Waals surface area contributed by atoms with E-state index in [9.17, 15) is 14.0 Å². The maximum absolute atomic E-state index is 13.1. The molecule has 156 valence electrons. The van der Waals surface area contributed by atoms with Gasteiger partial charge in [-0.2, -0.15) is 0 Å². The minimum absolute atomic E-state index is 0.0758. The molecule has 30 heavy (non-hydrogen) atoms. The van der Waals surface area contributed by atoms with Crippen molar-refractivity contribution in [1.82, 2.24) is 0 Å². The van der Waals surface area contributed by atoms with Gasteiger partial charge in [-0.3, -0.25) is 0 Å². The molecule has 0 aliphatic carbocycles. The summed E-state index contributed by atoms with van der Waals surface area (Å²) in [4.78, 5) is 27.8. The highest BCUT2D eigenvalue weighted by molar-refractivity contribution is 9.10.